The number of hydrogen-bond acceptors (Lipinski definition) is 3. The van der Waals surface area contributed by atoms with Crippen LogP contribution in [0.1, 0.15) is 0 Å². The van der Waals surface area contributed by atoms with E-state index in [1.807, 2.05) is 18.2 Å². The first-order chi connectivity index (χ1) is 24.3. The molecule has 0 spiro atoms. The van der Waals surface area contributed by atoms with Crippen LogP contribution >= 0.6 is 0 Å². The van der Waals surface area contributed by atoms with Crippen LogP contribution in [0.3, 0.4) is 0 Å². The molecule has 3 heteroatoms. The van der Waals surface area contributed by atoms with Crippen molar-refractivity contribution in [3.05, 3.63) is 170 Å². The summed E-state index contributed by atoms with van der Waals surface area (Å²) in [4.78, 5) is 10.7. The molecule has 10 rings (SSSR count). The van der Waals surface area contributed by atoms with E-state index in [2.05, 4.69) is 152 Å². The molecule has 0 N–H and O–H groups in total. The van der Waals surface area contributed by atoms with Crippen LogP contribution in [0.25, 0.3) is 99.3 Å². The molecule has 0 amide bonds. The van der Waals surface area contributed by atoms with Gasteiger partial charge in [-0.2, -0.15) is 0 Å². The van der Waals surface area contributed by atoms with Crippen molar-refractivity contribution in [1.29, 1.82) is 0 Å². The van der Waals surface area contributed by atoms with Gasteiger partial charge in [-0.1, -0.05) is 140 Å². The Morgan fingerprint density at radius 2 is 1.00 bits per heavy atom. The second kappa shape index (κ2) is 11.0. The summed E-state index contributed by atoms with van der Waals surface area (Å²) in [7, 11) is 0. The molecule has 0 radical (unpaired) electrons. The minimum Gasteiger partial charge on any atom is -0.456 e. The minimum absolute atomic E-state index is 0.705. The molecule has 0 bridgehead atoms. The maximum absolute atomic E-state index is 6.30. The van der Waals surface area contributed by atoms with E-state index in [4.69, 9.17) is 14.4 Å². The van der Waals surface area contributed by atoms with Crippen LogP contribution in [0.15, 0.2) is 174 Å². The number of rotatable bonds is 4. The molecule has 228 valence electrons. The molecule has 0 saturated carbocycles. The summed E-state index contributed by atoms with van der Waals surface area (Å²) >= 11 is 0. The smallest absolute Gasteiger partial charge is 0.161 e. The molecule has 8 aromatic carbocycles. The lowest BCUT2D eigenvalue weighted by molar-refractivity contribution is 0.669. The second-order valence-electron chi connectivity index (χ2n) is 12.5. The molecule has 10 aromatic rings. The van der Waals surface area contributed by atoms with Crippen molar-refractivity contribution < 1.29 is 4.42 Å². The molecule has 49 heavy (non-hydrogen) atoms. The molecule has 0 fully saturated rings. The monoisotopic (exact) mass is 624 g/mol. The summed E-state index contributed by atoms with van der Waals surface area (Å²) in [6.07, 6.45) is 0. The molecule has 0 aliphatic heterocycles. The lowest BCUT2D eigenvalue weighted by Crippen LogP contribution is -1.98. The SMILES string of the molecule is c1ccc(-c2cc(-c3ccccc3-c3ccc4c(c3)oc3ccccc34)nc(-c3c4ccccc4cc4c3ccc3ccccc34)n2)cc1. The Morgan fingerprint density at radius 1 is 0.347 bits per heavy atom. The van der Waals surface area contributed by atoms with Gasteiger partial charge in [-0.15, -0.1) is 0 Å². The fraction of sp³-hybridized carbons (Fsp3) is 0. The Bertz CT molecular complexity index is 2890. The molecule has 0 atom stereocenters. The summed E-state index contributed by atoms with van der Waals surface area (Å²) in [6.45, 7) is 0. The van der Waals surface area contributed by atoms with Gasteiger partial charge in [0.25, 0.3) is 0 Å². The number of para-hydroxylation sites is 1. The summed E-state index contributed by atoms with van der Waals surface area (Å²) in [5.41, 5.74) is 8.79. The van der Waals surface area contributed by atoms with Crippen LogP contribution < -0.4 is 0 Å². The van der Waals surface area contributed by atoms with Gasteiger partial charge in [0.2, 0.25) is 0 Å². The Balaban J connectivity index is 1.25. The topological polar surface area (TPSA) is 38.9 Å². The van der Waals surface area contributed by atoms with Gasteiger partial charge >= 0.3 is 0 Å². The van der Waals surface area contributed by atoms with Crippen molar-refractivity contribution in [2.75, 3.05) is 0 Å². The van der Waals surface area contributed by atoms with Gasteiger partial charge in [-0.25, -0.2) is 9.97 Å². The van der Waals surface area contributed by atoms with E-state index >= 15 is 0 Å². The summed E-state index contributed by atoms with van der Waals surface area (Å²) < 4.78 is 6.30. The average Bonchev–Trinajstić information content (AvgIpc) is 3.55. The highest BCUT2D eigenvalue weighted by Crippen LogP contribution is 2.41. The van der Waals surface area contributed by atoms with Gasteiger partial charge in [0.15, 0.2) is 5.82 Å². The number of benzene rings is 8. The number of fused-ring (bicyclic) bond motifs is 7. The van der Waals surface area contributed by atoms with Crippen LogP contribution in [-0.2, 0) is 0 Å². The third-order valence-corrected chi connectivity index (χ3v) is 9.68. The molecule has 0 aliphatic carbocycles. The molecular formula is C46H28N2O. The van der Waals surface area contributed by atoms with Crippen LogP contribution in [0.5, 0.6) is 0 Å². The third-order valence-electron chi connectivity index (χ3n) is 9.68. The molecule has 2 heterocycles. The molecule has 0 saturated heterocycles. The number of furan rings is 1. The summed E-state index contributed by atoms with van der Waals surface area (Å²) in [5.74, 6) is 0.705. The predicted molar refractivity (Wildman–Crippen MR) is 204 cm³/mol. The maximum atomic E-state index is 6.30. The van der Waals surface area contributed by atoms with Crippen molar-refractivity contribution in [2.24, 2.45) is 0 Å². The average molecular weight is 625 g/mol. The predicted octanol–water partition coefficient (Wildman–Crippen LogP) is 12.5. The van der Waals surface area contributed by atoms with Gasteiger partial charge in [0.1, 0.15) is 11.2 Å². The van der Waals surface area contributed by atoms with Crippen LogP contribution in [0, 0.1) is 0 Å². The zero-order valence-electron chi connectivity index (χ0n) is 26.5. The zero-order chi connectivity index (χ0) is 32.3. The zero-order valence-corrected chi connectivity index (χ0v) is 26.5. The van der Waals surface area contributed by atoms with E-state index in [-0.39, 0.29) is 0 Å². The number of nitrogens with zero attached hydrogens (tertiary/aromatic N) is 2. The maximum Gasteiger partial charge on any atom is 0.161 e. The highest BCUT2D eigenvalue weighted by molar-refractivity contribution is 6.19. The molecular weight excluding hydrogens is 597 g/mol. The Morgan fingerprint density at radius 3 is 1.88 bits per heavy atom. The first-order valence-electron chi connectivity index (χ1n) is 16.6. The minimum atomic E-state index is 0.705. The van der Waals surface area contributed by atoms with Gasteiger partial charge < -0.3 is 4.42 Å². The fourth-order valence-electron chi connectivity index (χ4n) is 7.37. The number of aromatic nitrogens is 2. The van der Waals surface area contributed by atoms with Gasteiger partial charge in [0, 0.05) is 27.5 Å². The number of hydrogen-bond donors (Lipinski definition) is 0. The molecule has 0 aliphatic rings. The lowest BCUT2D eigenvalue weighted by Gasteiger charge is -2.16. The van der Waals surface area contributed by atoms with Gasteiger partial charge in [0.05, 0.1) is 11.4 Å². The van der Waals surface area contributed by atoms with E-state index in [0.717, 1.165) is 77.3 Å². The van der Waals surface area contributed by atoms with Crippen molar-refractivity contribution in [1.82, 2.24) is 9.97 Å². The Kier molecular flexibility index (Phi) is 6.18. The van der Waals surface area contributed by atoms with E-state index in [1.54, 1.807) is 0 Å². The Labute approximate surface area is 282 Å². The highest BCUT2D eigenvalue weighted by Gasteiger charge is 2.19. The fourth-order valence-corrected chi connectivity index (χ4v) is 7.37. The summed E-state index contributed by atoms with van der Waals surface area (Å²) in [6, 6.07) is 59.7. The van der Waals surface area contributed by atoms with Crippen molar-refractivity contribution in [3.8, 4) is 45.0 Å². The van der Waals surface area contributed by atoms with Crippen molar-refractivity contribution in [3.63, 3.8) is 0 Å². The lowest BCUT2D eigenvalue weighted by atomic mass is 9.92. The van der Waals surface area contributed by atoms with E-state index in [0.29, 0.717) is 5.82 Å². The van der Waals surface area contributed by atoms with Crippen molar-refractivity contribution >= 4 is 54.3 Å². The van der Waals surface area contributed by atoms with Crippen LogP contribution in [0.4, 0.5) is 0 Å². The van der Waals surface area contributed by atoms with Crippen LogP contribution in [0.2, 0.25) is 0 Å². The van der Waals surface area contributed by atoms with E-state index in [1.165, 1.54) is 16.2 Å². The van der Waals surface area contributed by atoms with Gasteiger partial charge in [-0.05, 0) is 73.8 Å². The highest BCUT2D eigenvalue weighted by atomic mass is 16.3. The second-order valence-corrected chi connectivity index (χ2v) is 12.5. The Hall–Kier alpha value is -6.58. The molecule has 2 aromatic heterocycles. The van der Waals surface area contributed by atoms with Crippen molar-refractivity contribution in [2.45, 2.75) is 0 Å². The summed E-state index contributed by atoms with van der Waals surface area (Å²) in [5, 5.41) is 9.30. The molecule has 0 unspecified atom stereocenters. The van der Waals surface area contributed by atoms with E-state index in [9.17, 15) is 0 Å². The van der Waals surface area contributed by atoms with Crippen LogP contribution in [-0.4, -0.2) is 9.97 Å². The standard InChI is InChI=1S/C46H28N2O/c1-2-13-30(14-3-1)41-28-42(36-19-9-8-17-34(36)32-23-24-38-37-20-10-11-21-43(37)49-44(38)27-32)48-46(47-41)45-35-18-7-5-15-31(35)26-40-33-16-6-4-12-29(33)22-25-39(40)45/h1-28H. The first kappa shape index (κ1) is 27.5. The molecule has 3 nitrogen and oxygen atoms in total. The largest absolute Gasteiger partial charge is 0.456 e. The first-order valence-corrected chi connectivity index (χ1v) is 16.6. The van der Waals surface area contributed by atoms with E-state index < -0.39 is 0 Å². The van der Waals surface area contributed by atoms with Gasteiger partial charge in [-0.3, -0.25) is 0 Å². The normalized spacial score (nSPS) is 11.7. The third kappa shape index (κ3) is 4.51. The quantitative estimate of drug-likeness (QED) is 0.144.